The summed E-state index contributed by atoms with van der Waals surface area (Å²) in [6.07, 6.45) is 3.72. The van der Waals surface area contributed by atoms with Crippen molar-refractivity contribution in [3.63, 3.8) is 0 Å². The van der Waals surface area contributed by atoms with Crippen molar-refractivity contribution in [1.82, 2.24) is 14.7 Å². The predicted octanol–water partition coefficient (Wildman–Crippen LogP) is 2.17. The molecule has 0 bridgehead atoms. The summed E-state index contributed by atoms with van der Waals surface area (Å²) in [4.78, 5) is 14.2. The lowest BCUT2D eigenvalue weighted by atomic mass is 10.3. The highest BCUT2D eigenvalue weighted by atomic mass is 79.9. The number of nitrogens with zero attached hydrogens (tertiary/aromatic N) is 3. The largest absolute Gasteiger partial charge is 0.381 e. The van der Waals surface area contributed by atoms with Crippen LogP contribution >= 0.6 is 15.9 Å². The van der Waals surface area contributed by atoms with E-state index >= 15 is 0 Å². The van der Waals surface area contributed by atoms with E-state index in [1.54, 1.807) is 6.20 Å². The maximum atomic E-state index is 12.1. The first-order valence-corrected chi connectivity index (χ1v) is 7.42. The van der Waals surface area contributed by atoms with Crippen LogP contribution in [0, 0.1) is 0 Å². The van der Waals surface area contributed by atoms with Gasteiger partial charge in [-0.05, 0) is 43.4 Å². The Kier molecular flexibility index (Phi) is 6.51. The van der Waals surface area contributed by atoms with Crippen molar-refractivity contribution in [2.24, 2.45) is 0 Å². The molecule has 1 aromatic heterocycles. The minimum Gasteiger partial charge on any atom is -0.381 e. The lowest BCUT2D eigenvalue weighted by Gasteiger charge is -2.21. The van der Waals surface area contributed by atoms with Gasteiger partial charge in [-0.3, -0.25) is 4.79 Å². The maximum absolute atomic E-state index is 12.1. The van der Waals surface area contributed by atoms with Gasteiger partial charge in [-0.25, -0.2) is 4.68 Å². The van der Waals surface area contributed by atoms with Gasteiger partial charge in [0.15, 0.2) is 0 Å². The van der Waals surface area contributed by atoms with Crippen molar-refractivity contribution in [2.45, 2.75) is 39.3 Å². The van der Waals surface area contributed by atoms with Crippen LogP contribution in [0.1, 0.15) is 26.7 Å². The molecule has 0 aliphatic carbocycles. The van der Waals surface area contributed by atoms with Gasteiger partial charge < -0.3 is 10.2 Å². The van der Waals surface area contributed by atoms with Gasteiger partial charge >= 0.3 is 0 Å². The smallest absolute Gasteiger partial charge is 0.283 e. The van der Waals surface area contributed by atoms with Gasteiger partial charge in [-0.15, -0.1) is 0 Å². The first-order valence-electron chi connectivity index (χ1n) is 6.63. The van der Waals surface area contributed by atoms with Crippen molar-refractivity contribution in [3.05, 3.63) is 21.0 Å². The Hall–Kier alpha value is -0.880. The molecule has 0 saturated carbocycles. The quantitative estimate of drug-likeness (QED) is 0.832. The summed E-state index contributed by atoms with van der Waals surface area (Å²) in [5, 5.41) is 7.45. The monoisotopic (exact) mass is 330 g/mol. The van der Waals surface area contributed by atoms with Gasteiger partial charge in [0.05, 0.1) is 11.9 Å². The van der Waals surface area contributed by atoms with Gasteiger partial charge in [0.2, 0.25) is 0 Å². The molecule has 1 rings (SSSR count). The Labute approximate surface area is 123 Å². The average Bonchev–Trinajstić information content (AvgIpc) is 2.38. The molecule has 19 heavy (non-hydrogen) atoms. The normalized spacial score (nSPS) is 12.7. The van der Waals surface area contributed by atoms with E-state index in [1.807, 2.05) is 14.1 Å². The molecule has 1 heterocycles. The number of likely N-dealkylation sites (N-methyl/N-ethyl adjacent to an activating group) is 1. The van der Waals surface area contributed by atoms with Crippen LogP contribution in [0.15, 0.2) is 15.5 Å². The van der Waals surface area contributed by atoms with Gasteiger partial charge in [-0.1, -0.05) is 13.3 Å². The molecule has 1 aromatic rings. The first-order chi connectivity index (χ1) is 8.97. The third kappa shape index (κ3) is 4.62. The number of anilines is 1. The highest BCUT2D eigenvalue weighted by molar-refractivity contribution is 9.10. The predicted molar refractivity (Wildman–Crippen MR) is 82.7 cm³/mol. The number of unbranched alkanes of at least 4 members (excludes halogenated alkanes) is 1. The van der Waals surface area contributed by atoms with E-state index in [-0.39, 0.29) is 5.56 Å². The van der Waals surface area contributed by atoms with E-state index in [0.29, 0.717) is 17.1 Å². The fourth-order valence-electron chi connectivity index (χ4n) is 1.50. The standard InChI is InChI=1S/C13H23BrN4O/c1-5-6-7-18-13(19)12(14)11(9-16-18)15-8-10(2)17(3)4/h9-10,15H,5-8H2,1-4H3. The molecule has 0 radical (unpaired) electrons. The molecule has 0 aliphatic rings. The molecule has 5 nitrogen and oxygen atoms in total. The zero-order valence-corrected chi connectivity index (χ0v) is 13.7. The third-order valence-corrected chi connectivity index (χ3v) is 3.94. The van der Waals surface area contributed by atoms with Crippen molar-refractivity contribution < 1.29 is 0 Å². The second-order valence-corrected chi connectivity index (χ2v) is 5.74. The highest BCUT2D eigenvalue weighted by Gasteiger charge is 2.10. The minimum atomic E-state index is -0.0732. The lowest BCUT2D eigenvalue weighted by Crippen LogP contribution is -2.32. The van der Waals surface area contributed by atoms with Crippen LogP contribution < -0.4 is 10.9 Å². The highest BCUT2D eigenvalue weighted by Crippen LogP contribution is 2.16. The summed E-state index contributed by atoms with van der Waals surface area (Å²) in [5.41, 5.74) is 0.683. The van der Waals surface area contributed by atoms with Crippen LogP contribution in [0.2, 0.25) is 0 Å². The zero-order chi connectivity index (χ0) is 14.4. The summed E-state index contributed by atoms with van der Waals surface area (Å²) < 4.78 is 2.07. The second kappa shape index (κ2) is 7.65. The average molecular weight is 331 g/mol. The fraction of sp³-hybridized carbons (Fsp3) is 0.692. The van der Waals surface area contributed by atoms with E-state index in [1.165, 1.54) is 4.68 Å². The van der Waals surface area contributed by atoms with Crippen LogP contribution in [-0.4, -0.2) is 41.4 Å². The zero-order valence-electron chi connectivity index (χ0n) is 12.1. The number of halogens is 1. The van der Waals surface area contributed by atoms with E-state index in [4.69, 9.17) is 0 Å². The van der Waals surface area contributed by atoms with Gasteiger partial charge in [0.25, 0.3) is 5.56 Å². The molecule has 0 saturated heterocycles. The number of hydrogen-bond donors (Lipinski definition) is 1. The molecule has 108 valence electrons. The minimum absolute atomic E-state index is 0.0732. The molecule has 0 spiro atoms. The van der Waals surface area contributed by atoms with E-state index in [0.717, 1.165) is 25.1 Å². The van der Waals surface area contributed by atoms with Crippen LogP contribution in [-0.2, 0) is 6.54 Å². The molecular weight excluding hydrogens is 308 g/mol. The molecule has 0 aromatic carbocycles. The molecule has 1 atom stereocenters. The number of aryl methyl sites for hydroxylation is 1. The number of hydrogen-bond acceptors (Lipinski definition) is 4. The van der Waals surface area contributed by atoms with Gasteiger partial charge in [-0.2, -0.15) is 5.10 Å². The third-order valence-electron chi connectivity index (χ3n) is 3.18. The lowest BCUT2D eigenvalue weighted by molar-refractivity contribution is 0.326. The number of aromatic nitrogens is 2. The van der Waals surface area contributed by atoms with Crippen molar-refractivity contribution >= 4 is 21.6 Å². The summed E-state index contributed by atoms with van der Waals surface area (Å²) in [7, 11) is 4.06. The molecule has 6 heteroatoms. The fourth-order valence-corrected chi connectivity index (χ4v) is 1.94. The first kappa shape index (κ1) is 16.2. The maximum Gasteiger partial charge on any atom is 0.283 e. The summed E-state index contributed by atoms with van der Waals surface area (Å²) in [6.45, 7) is 5.66. The van der Waals surface area contributed by atoms with E-state index in [2.05, 4.69) is 45.1 Å². The second-order valence-electron chi connectivity index (χ2n) is 4.95. The summed E-state index contributed by atoms with van der Waals surface area (Å²) in [6, 6.07) is 0.384. The van der Waals surface area contributed by atoms with Crippen LogP contribution in [0.25, 0.3) is 0 Å². The topological polar surface area (TPSA) is 50.2 Å². The summed E-state index contributed by atoms with van der Waals surface area (Å²) in [5.74, 6) is 0. The molecule has 0 fully saturated rings. The van der Waals surface area contributed by atoms with Crippen LogP contribution in [0.5, 0.6) is 0 Å². The SMILES string of the molecule is CCCCn1ncc(NCC(C)N(C)C)c(Br)c1=O. The van der Waals surface area contributed by atoms with E-state index < -0.39 is 0 Å². The Balaban J connectivity index is 2.76. The van der Waals surface area contributed by atoms with Gasteiger partial charge in [0.1, 0.15) is 4.47 Å². The van der Waals surface area contributed by atoms with Gasteiger partial charge in [0, 0.05) is 19.1 Å². The Morgan fingerprint density at radius 1 is 1.53 bits per heavy atom. The van der Waals surface area contributed by atoms with Crippen molar-refractivity contribution in [2.75, 3.05) is 26.0 Å². The molecule has 0 amide bonds. The molecule has 0 aliphatic heterocycles. The van der Waals surface area contributed by atoms with Crippen LogP contribution in [0.4, 0.5) is 5.69 Å². The van der Waals surface area contributed by atoms with Crippen molar-refractivity contribution in [3.8, 4) is 0 Å². The molecule has 1 N–H and O–H groups in total. The van der Waals surface area contributed by atoms with Crippen molar-refractivity contribution in [1.29, 1.82) is 0 Å². The Morgan fingerprint density at radius 2 is 2.21 bits per heavy atom. The number of rotatable bonds is 7. The Bertz CT molecular complexity index is 458. The van der Waals surface area contributed by atoms with E-state index in [9.17, 15) is 4.79 Å². The number of nitrogens with one attached hydrogen (secondary N) is 1. The summed E-state index contributed by atoms with van der Waals surface area (Å²) >= 11 is 3.36. The molecular formula is C13H23BrN4O. The van der Waals surface area contributed by atoms with Crippen LogP contribution in [0.3, 0.4) is 0 Å². The Morgan fingerprint density at radius 3 is 2.79 bits per heavy atom. The molecule has 1 unspecified atom stereocenters.